The first-order valence-corrected chi connectivity index (χ1v) is 6.59. The number of aryl methyl sites for hydroxylation is 1. The Bertz CT molecular complexity index is 500. The predicted molar refractivity (Wildman–Crippen MR) is 75.3 cm³/mol. The first kappa shape index (κ1) is 12.8. The summed E-state index contributed by atoms with van der Waals surface area (Å²) in [5, 5.41) is 3.19. The Hall–Kier alpha value is -1.61. The normalized spacial score (nSPS) is 10.3. The molecule has 0 bridgehead atoms. The third-order valence-electron chi connectivity index (χ3n) is 2.61. The van der Waals surface area contributed by atoms with Gasteiger partial charge in [-0.05, 0) is 18.6 Å². The van der Waals surface area contributed by atoms with Gasteiger partial charge in [0.05, 0.1) is 11.6 Å². The molecule has 0 aliphatic rings. The Morgan fingerprint density at radius 2 is 2.00 bits per heavy atom. The largest absolute Gasteiger partial charge is 0.324 e. The summed E-state index contributed by atoms with van der Waals surface area (Å²) >= 11 is 5.88. The lowest BCUT2D eigenvalue weighted by Gasteiger charge is -2.09. The Morgan fingerprint density at radius 3 is 2.67 bits per heavy atom. The molecule has 0 saturated carbocycles. The van der Waals surface area contributed by atoms with Crippen molar-refractivity contribution in [2.45, 2.75) is 25.6 Å². The second-order valence-electron chi connectivity index (χ2n) is 4.04. The third kappa shape index (κ3) is 3.20. The van der Waals surface area contributed by atoms with Crippen molar-refractivity contribution in [3.63, 3.8) is 0 Å². The van der Waals surface area contributed by atoms with E-state index in [4.69, 9.17) is 11.6 Å². The summed E-state index contributed by atoms with van der Waals surface area (Å²) in [4.78, 5) is 8.80. The van der Waals surface area contributed by atoms with Crippen LogP contribution in [0.2, 0.25) is 0 Å². The first-order chi connectivity index (χ1) is 8.83. The highest BCUT2D eigenvalue weighted by Crippen LogP contribution is 2.16. The number of halogens is 1. The van der Waals surface area contributed by atoms with Crippen molar-refractivity contribution in [3.8, 4) is 0 Å². The van der Waals surface area contributed by atoms with E-state index in [0.717, 1.165) is 29.8 Å². The van der Waals surface area contributed by atoms with Crippen LogP contribution in [0.4, 0.5) is 11.6 Å². The molecule has 0 atom stereocenters. The average Bonchev–Trinajstić information content (AvgIpc) is 2.41. The monoisotopic (exact) mass is 261 g/mol. The molecule has 3 nitrogen and oxygen atoms in total. The average molecular weight is 262 g/mol. The molecular weight excluding hydrogens is 246 g/mol. The highest BCUT2D eigenvalue weighted by molar-refractivity contribution is 6.17. The van der Waals surface area contributed by atoms with E-state index in [1.54, 1.807) is 6.20 Å². The van der Waals surface area contributed by atoms with Crippen LogP contribution in [0.3, 0.4) is 0 Å². The summed E-state index contributed by atoms with van der Waals surface area (Å²) in [6.07, 6.45) is 3.77. The molecule has 0 saturated heterocycles. The van der Waals surface area contributed by atoms with E-state index < -0.39 is 0 Å². The van der Waals surface area contributed by atoms with Crippen molar-refractivity contribution >= 4 is 23.2 Å². The minimum absolute atomic E-state index is 0.459. The molecule has 1 N–H and O–H groups in total. The fraction of sp³-hybridized carbons (Fsp3) is 0.286. The van der Waals surface area contributed by atoms with Crippen LogP contribution in [-0.2, 0) is 12.3 Å². The standard InChI is InChI=1S/C14H16ClN3/c1-2-6-13-11(9-15)10-16-14(18-13)17-12-7-4-3-5-8-12/h3-5,7-8,10H,2,6,9H2,1H3,(H,16,17,18). The van der Waals surface area contributed by atoms with E-state index in [9.17, 15) is 0 Å². The molecule has 0 aliphatic heterocycles. The summed E-state index contributed by atoms with van der Waals surface area (Å²) in [6, 6.07) is 9.90. The van der Waals surface area contributed by atoms with Crippen LogP contribution in [0.15, 0.2) is 36.5 Å². The van der Waals surface area contributed by atoms with E-state index in [0.29, 0.717) is 11.8 Å². The Balaban J connectivity index is 2.21. The summed E-state index contributed by atoms with van der Waals surface area (Å²) in [7, 11) is 0. The quantitative estimate of drug-likeness (QED) is 0.829. The zero-order valence-electron chi connectivity index (χ0n) is 10.4. The van der Waals surface area contributed by atoms with Crippen LogP contribution in [-0.4, -0.2) is 9.97 Å². The Morgan fingerprint density at radius 1 is 1.22 bits per heavy atom. The highest BCUT2D eigenvalue weighted by Gasteiger charge is 2.05. The van der Waals surface area contributed by atoms with Crippen molar-refractivity contribution < 1.29 is 0 Å². The molecule has 0 radical (unpaired) electrons. The fourth-order valence-corrected chi connectivity index (χ4v) is 1.94. The zero-order valence-corrected chi connectivity index (χ0v) is 11.1. The van der Waals surface area contributed by atoms with Crippen molar-refractivity contribution in [2.75, 3.05) is 5.32 Å². The van der Waals surface area contributed by atoms with Crippen LogP contribution in [0.25, 0.3) is 0 Å². The summed E-state index contributed by atoms with van der Waals surface area (Å²) in [5.41, 5.74) is 3.02. The van der Waals surface area contributed by atoms with Gasteiger partial charge >= 0.3 is 0 Å². The van der Waals surface area contributed by atoms with Gasteiger partial charge in [-0.3, -0.25) is 0 Å². The number of nitrogens with zero attached hydrogens (tertiary/aromatic N) is 2. The van der Waals surface area contributed by atoms with Crippen LogP contribution in [0.5, 0.6) is 0 Å². The van der Waals surface area contributed by atoms with Gasteiger partial charge in [-0.15, -0.1) is 11.6 Å². The molecule has 0 fully saturated rings. The lowest BCUT2D eigenvalue weighted by Crippen LogP contribution is -2.03. The Labute approximate surface area is 112 Å². The van der Waals surface area contributed by atoms with Gasteiger partial charge in [-0.1, -0.05) is 31.5 Å². The molecule has 1 aromatic carbocycles. The van der Waals surface area contributed by atoms with Gasteiger partial charge in [0, 0.05) is 17.4 Å². The van der Waals surface area contributed by atoms with Crippen molar-refractivity contribution in [1.82, 2.24) is 9.97 Å². The van der Waals surface area contributed by atoms with Gasteiger partial charge in [0.1, 0.15) is 0 Å². The van der Waals surface area contributed by atoms with Crippen LogP contribution >= 0.6 is 11.6 Å². The van der Waals surface area contributed by atoms with Crippen molar-refractivity contribution in [2.24, 2.45) is 0 Å². The number of hydrogen-bond donors (Lipinski definition) is 1. The van der Waals surface area contributed by atoms with Gasteiger partial charge < -0.3 is 5.32 Å². The molecule has 1 aromatic heterocycles. The predicted octanol–water partition coefficient (Wildman–Crippen LogP) is 3.91. The molecule has 2 aromatic rings. The number of rotatable bonds is 5. The maximum atomic E-state index is 5.88. The topological polar surface area (TPSA) is 37.8 Å². The maximum absolute atomic E-state index is 5.88. The second kappa shape index (κ2) is 6.36. The highest BCUT2D eigenvalue weighted by atomic mass is 35.5. The molecule has 4 heteroatoms. The molecule has 0 amide bonds. The molecule has 0 unspecified atom stereocenters. The van der Waals surface area contributed by atoms with Crippen LogP contribution in [0.1, 0.15) is 24.6 Å². The lowest BCUT2D eigenvalue weighted by atomic mass is 10.2. The fourth-order valence-electron chi connectivity index (χ4n) is 1.72. The zero-order chi connectivity index (χ0) is 12.8. The number of para-hydroxylation sites is 1. The van der Waals surface area contributed by atoms with Crippen molar-refractivity contribution in [3.05, 3.63) is 47.8 Å². The molecule has 0 aliphatic carbocycles. The molecule has 94 valence electrons. The summed E-state index contributed by atoms with van der Waals surface area (Å²) in [5.74, 6) is 1.08. The number of aromatic nitrogens is 2. The molecule has 0 spiro atoms. The number of nitrogens with one attached hydrogen (secondary N) is 1. The van der Waals surface area contributed by atoms with E-state index in [-0.39, 0.29) is 0 Å². The molecular formula is C14H16ClN3. The van der Waals surface area contributed by atoms with Gasteiger partial charge in [0.15, 0.2) is 0 Å². The molecule has 2 rings (SSSR count). The van der Waals surface area contributed by atoms with E-state index in [1.165, 1.54) is 0 Å². The van der Waals surface area contributed by atoms with Gasteiger partial charge in [-0.2, -0.15) is 0 Å². The van der Waals surface area contributed by atoms with Crippen molar-refractivity contribution in [1.29, 1.82) is 0 Å². The van der Waals surface area contributed by atoms with Gasteiger partial charge in [0.25, 0.3) is 0 Å². The molecule has 1 heterocycles. The van der Waals surface area contributed by atoms with Crippen LogP contribution < -0.4 is 5.32 Å². The number of anilines is 2. The first-order valence-electron chi connectivity index (χ1n) is 6.06. The van der Waals surface area contributed by atoms with Gasteiger partial charge in [-0.25, -0.2) is 9.97 Å². The summed E-state index contributed by atoms with van der Waals surface area (Å²) in [6.45, 7) is 2.13. The lowest BCUT2D eigenvalue weighted by molar-refractivity contribution is 0.859. The van der Waals surface area contributed by atoms with Gasteiger partial charge in [0.2, 0.25) is 5.95 Å². The number of hydrogen-bond acceptors (Lipinski definition) is 3. The molecule has 18 heavy (non-hydrogen) atoms. The SMILES string of the molecule is CCCc1nc(Nc2ccccc2)ncc1CCl. The minimum atomic E-state index is 0.459. The van der Waals surface area contributed by atoms with E-state index in [1.807, 2.05) is 30.3 Å². The smallest absolute Gasteiger partial charge is 0.227 e. The van der Waals surface area contributed by atoms with Crippen LogP contribution in [0, 0.1) is 0 Å². The summed E-state index contributed by atoms with van der Waals surface area (Å²) < 4.78 is 0. The number of alkyl halides is 1. The Kier molecular flexibility index (Phi) is 4.53. The third-order valence-corrected chi connectivity index (χ3v) is 2.90. The number of benzene rings is 1. The maximum Gasteiger partial charge on any atom is 0.227 e. The second-order valence-corrected chi connectivity index (χ2v) is 4.31. The minimum Gasteiger partial charge on any atom is -0.324 e. The van der Waals surface area contributed by atoms with E-state index in [2.05, 4.69) is 22.2 Å². The van der Waals surface area contributed by atoms with E-state index >= 15 is 0 Å².